The van der Waals surface area contributed by atoms with Gasteiger partial charge >= 0.3 is 6.09 Å². The van der Waals surface area contributed by atoms with Gasteiger partial charge in [-0.05, 0) is 44.0 Å². The van der Waals surface area contributed by atoms with Crippen molar-refractivity contribution in [2.24, 2.45) is 0 Å². The molecule has 1 saturated heterocycles. The van der Waals surface area contributed by atoms with Crippen molar-refractivity contribution in [1.29, 1.82) is 0 Å². The molecule has 0 saturated carbocycles. The van der Waals surface area contributed by atoms with Gasteiger partial charge in [-0.3, -0.25) is 4.79 Å². The summed E-state index contributed by atoms with van der Waals surface area (Å²) in [5, 5.41) is 6.17. The van der Waals surface area contributed by atoms with Gasteiger partial charge < -0.3 is 24.7 Å². The first-order chi connectivity index (χ1) is 13.2. The summed E-state index contributed by atoms with van der Waals surface area (Å²) in [6, 6.07) is 7.25. The number of likely N-dealkylation sites (tertiary alicyclic amines) is 1. The number of anilines is 1. The number of amides is 2. The summed E-state index contributed by atoms with van der Waals surface area (Å²) in [4.78, 5) is 30.0. The average molecular weight is 372 g/mol. The maximum atomic E-state index is 12.4. The lowest BCUT2D eigenvalue weighted by atomic mass is 10.1. The van der Waals surface area contributed by atoms with Gasteiger partial charge in [-0.2, -0.15) is 0 Å². The van der Waals surface area contributed by atoms with Crippen LogP contribution in [0.1, 0.15) is 36.0 Å². The minimum Gasteiger partial charge on any atom is -0.467 e. The number of aromatic nitrogens is 1. The molecule has 3 heterocycles. The van der Waals surface area contributed by atoms with E-state index in [-0.39, 0.29) is 18.0 Å². The number of nitrogens with zero attached hydrogens (tertiary/aromatic N) is 2. The first-order valence-electron chi connectivity index (χ1n) is 9.10. The molecule has 0 spiro atoms. The molecule has 0 radical (unpaired) electrons. The van der Waals surface area contributed by atoms with Gasteiger partial charge in [0.1, 0.15) is 11.5 Å². The lowest BCUT2D eigenvalue weighted by molar-refractivity contribution is 0.0856. The van der Waals surface area contributed by atoms with Gasteiger partial charge in [0.15, 0.2) is 0 Å². The molecule has 2 aromatic heterocycles. The van der Waals surface area contributed by atoms with E-state index in [1.54, 1.807) is 30.4 Å². The molecule has 2 amide bonds. The van der Waals surface area contributed by atoms with E-state index >= 15 is 0 Å². The smallest absolute Gasteiger partial charge is 0.409 e. The predicted octanol–water partition coefficient (Wildman–Crippen LogP) is 2.64. The van der Waals surface area contributed by atoms with E-state index < -0.39 is 0 Å². The van der Waals surface area contributed by atoms with Gasteiger partial charge in [0.2, 0.25) is 0 Å². The number of carbonyl (C=O) groups excluding carboxylic acids is 2. The highest BCUT2D eigenvalue weighted by Crippen LogP contribution is 2.13. The van der Waals surface area contributed by atoms with Crippen LogP contribution in [0.25, 0.3) is 0 Å². The highest BCUT2D eigenvalue weighted by atomic mass is 16.6. The van der Waals surface area contributed by atoms with Crippen molar-refractivity contribution in [2.45, 2.75) is 32.4 Å². The number of ether oxygens (including phenoxy) is 1. The molecule has 0 aromatic carbocycles. The summed E-state index contributed by atoms with van der Waals surface area (Å²) >= 11 is 0. The minimum absolute atomic E-state index is 0.0294. The van der Waals surface area contributed by atoms with Crippen molar-refractivity contribution in [1.82, 2.24) is 15.2 Å². The van der Waals surface area contributed by atoms with Crippen LogP contribution in [-0.2, 0) is 11.3 Å². The van der Waals surface area contributed by atoms with Crippen molar-refractivity contribution < 1.29 is 18.7 Å². The number of carbonyl (C=O) groups is 2. The van der Waals surface area contributed by atoms with Gasteiger partial charge in [-0.1, -0.05) is 0 Å². The van der Waals surface area contributed by atoms with Gasteiger partial charge in [0.05, 0.1) is 31.3 Å². The summed E-state index contributed by atoms with van der Waals surface area (Å²) in [6.45, 7) is 3.86. The van der Waals surface area contributed by atoms with E-state index in [4.69, 9.17) is 9.15 Å². The van der Waals surface area contributed by atoms with E-state index in [1.807, 2.05) is 18.2 Å². The van der Waals surface area contributed by atoms with Crippen LogP contribution in [-0.4, -0.2) is 47.6 Å². The number of nitrogens with one attached hydrogen (secondary N) is 2. The Morgan fingerprint density at radius 3 is 2.74 bits per heavy atom. The number of hydrogen-bond donors (Lipinski definition) is 2. The Kier molecular flexibility index (Phi) is 6.30. The van der Waals surface area contributed by atoms with Gasteiger partial charge in [0.25, 0.3) is 5.91 Å². The monoisotopic (exact) mass is 372 g/mol. The van der Waals surface area contributed by atoms with Crippen LogP contribution in [0.2, 0.25) is 0 Å². The molecule has 1 aliphatic heterocycles. The Labute approximate surface area is 157 Å². The second kappa shape index (κ2) is 9.07. The molecule has 1 fully saturated rings. The summed E-state index contributed by atoms with van der Waals surface area (Å²) < 4.78 is 10.3. The SMILES string of the molecule is CCOC(=O)N1CCC(NC(=O)c2ccc(NCc3ccco3)cn2)CC1. The first-order valence-corrected chi connectivity index (χ1v) is 9.10. The van der Waals surface area contributed by atoms with Crippen molar-refractivity contribution in [3.63, 3.8) is 0 Å². The summed E-state index contributed by atoms with van der Waals surface area (Å²) in [7, 11) is 0. The van der Waals surface area contributed by atoms with Crippen LogP contribution in [0.4, 0.5) is 10.5 Å². The second-order valence-electron chi connectivity index (χ2n) is 6.30. The third-order valence-corrected chi connectivity index (χ3v) is 4.40. The molecule has 0 bridgehead atoms. The van der Waals surface area contributed by atoms with Crippen molar-refractivity contribution in [3.8, 4) is 0 Å². The van der Waals surface area contributed by atoms with Crippen LogP contribution in [0.5, 0.6) is 0 Å². The molecule has 0 unspecified atom stereocenters. The topological polar surface area (TPSA) is 96.7 Å². The molecule has 2 aromatic rings. The zero-order valence-electron chi connectivity index (χ0n) is 15.3. The molecular weight excluding hydrogens is 348 g/mol. The van der Waals surface area contributed by atoms with E-state index in [0.29, 0.717) is 44.8 Å². The lowest BCUT2D eigenvalue weighted by Crippen LogP contribution is -2.46. The van der Waals surface area contributed by atoms with Crippen LogP contribution in [0, 0.1) is 0 Å². The molecule has 3 rings (SSSR count). The van der Waals surface area contributed by atoms with Crippen molar-refractivity contribution in [2.75, 3.05) is 25.0 Å². The lowest BCUT2D eigenvalue weighted by Gasteiger charge is -2.31. The average Bonchev–Trinajstić information content (AvgIpc) is 3.21. The molecule has 27 heavy (non-hydrogen) atoms. The third-order valence-electron chi connectivity index (χ3n) is 4.40. The second-order valence-corrected chi connectivity index (χ2v) is 6.30. The van der Waals surface area contributed by atoms with Crippen LogP contribution in [0.3, 0.4) is 0 Å². The molecule has 2 N–H and O–H groups in total. The molecule has 1 aliphatic rings. The van der Waals surface area contributed by atoms with Gasteiger partial charge in [-0.15, -0.1) is 0 Å². The molecule has 144 valence electrons. The van der Waals surface area contributed by atoms with Gasteiger partial charge in [0, 0.05) is 19.1 Å². The Hall–Kier alpha value is -3.03. The molecular formula is C19H24N4O4. The standard InChI is InChI=1S/C19H24N4O4/c1-2-26-19(25)23-9-7-14(8-10-23)22-18(24)17-6-5-15(12-21-17)20-13-16-4-3-11-27-16/h3-6,11-12,14,20H,2,7-10,13H2,1H3,(H,22,24). The maximum Gasteiger partial charge on any atom is 0.409 e. The van der Waals surface area contributed by atoms with E-state index in [9.17, 15) is 9.59 Å². The molecule has 8 nitrogen and oxygen atoms in total. The van der Waals surface area contributed by atoms with E-state index in [0.717, 1.165) is 11.4 Å². The molecule has 0 atom stereocenters. The number of pyridine rings is 1. The van der Waals surface area contributed by atoms with Crippen LogP contribution in [0.15, 0.2) is 41.1 Å². The predicted molar refractivity (Wildman–Crippen MR) is 99.4 cm³/mol. The summed E-state index contributed by atoms with van der Waals surface area (Å²) in [5.41, 5.74) is 1.18. The van der Waals surface area contributed by atoms with Crippen LogP contribution < -0.4 is 10.6 Å². The number of piperidine rings is 1. The zero-order chi connectivity index (χ0) is 19.1. The van der Waals surface area contributed by atoms with Crippen molar-refractivity contribution in [3.05, 3.63) is 48.2 Å². The number of rotatable bonds is 6. The van der Waals surface area contributed by atoms with E-state index in [1.165, 1.54) is 0 Å². The summed E-state index contributed by atoms with van der Waals surface area (Å²) in [5.74, 6) is 0.619. The quantitative estimate of drug-likeness (QED) is 0.809. The van der Waals surface area contributed by atoms with Gasteiger partial charge in [-0.25, -0.2) is 9.78 Å². The highest BCUT2D eigenvalue weighted by Gasteiger charge is 2.25. The highest BCUT2D eigenvalue weighted by molar-refractivity contribution is 5.92. The van der Waals surface area contributed by atoms with Crippen molar-refractivity contribution >= 4 is 17.7 Å². The Balaban J connectivity index is 1.45. The molecule has 0 aliphatic carbocycles. The normalized spacial score (nSPS) is 14.6. The Morgan fingerprint density at radius 2 is 2.11 bits per heavy atom. The summed E-state index contributed by atoms with van der Waals surface area (Å²) in [6.07, 6.45) is 4.36. The molecule has 8 heteroatoms. The Morgan fingerprint density at radius 1 is 1.30 bits per heavy atom. The fraction of sp³-hybridized carbons (Fsp3) is 0.421. The third kappa shape index (κ3) is 5.22. The van der Waals surface area contributed by atoms with Crippen LogP contribution >= 0.6 is 0 Å². The fourth-order valence-corrected chi connectivity index (χ4v) is 2.92. The zero-order valence-corrected chi connectivity index (χ0v) is 15.3. The largest absolute Gasteiger partial charge is 0.467 e. The maximum absolute atomic E-state index is 12.4. The number of hydrogen-bond acceptors (Lipinski definition) is 6. The fourth-order valence-electron chi connectivity index (χ4n) is 2.92. The minimum atomic E-state index is -0.290. The Bertz CT molecular complexity index is 738. The van der Waals surface area contributed by atoms with E-state index in [2.05, 4.69) is 15.6 Å². The first kappa shape index (κ1) is 18.8. The number of furan rings is 1.